The topological polar surface area (TPSA) is 12.4 Å². The first-order chi connectivity index (χ1) is 10.5. The number of hydrogen-bond donors (Lipinski definition) is 0. The zero-order chi connectivity index (χ0) is 15.9. The molecule has 0 fully saturated rings. The average molecular weight is 313 g/mol. The van der Waals surface area contributed by atoms with Crippen LogP contribution in [-0.4, -0.2) is 12.3 Å². The van der Waals surface area contributed by atoms with Crippen LogP contribution in [0.3, 0.4) is 0 Å². The van der Waals surface area contributed by atoms with Crippen LogP contribution in [-0.2, 0) is 5.41 Å². The van der Waals surface area contributed by atoms with Crippen molar-refractivity contribution in [3.05, 3.63) is 63.6 Å². The van der Waals surface area contributed by atoms with Gasteiger partial charge < -0.3 is 0 Å². The molecule has 1 atom stereocenters. The molecule has 0 saturated heterocycles. The Kier molecular flexibility index (Phi) is 3.77. The molecule has 0 spiro atoms. The van der Waals surface area contributed by atoms with Crippen LogP contribution in [0.1, 0.15) is 42.5 Å². The molecule has 0 radical (unpaired) electrons. The number of nitrogens with zero attached hydrogens (tertiary/aromatic N) is 1. The Morgan fingerprint density at radius 2 is 2.05 bits per heavy atom. The van der Waals surface area contributed by atoms with Gasteiger partial charge >= 0.3 is 0 Å². The first-order valence-electron chi connectivity index (χ1n) is 7.54. The highest BCUT2D eigenvalue weighted by Crippen LogP contribution is 2.43. The molecule has 114 valence electrons. The fourth-order valence-corrected chi connectivity index (χ4v) is 3.98. The van der Waals surface area contributed by atoms with Crippen molar-refractivity contribution in [1.29, 1.82) is 0 Å². The number of thiophene rings is 1. The van der Waals surface area contributed by atoms with Crippen LogP contribution in [0.4, 0.5) is 4.39 Å². The first-order valence-corrected chi connectivity index (χ1v) is 8.48. The number of benzene rings is 1. The van der Waals surface area contributed by atoms with Gasteiger partial charge in [0, 0.05) is 27.6 Å². The number of aliphatic imine (C=N–C) groups is 1. The lowest BCUT2D eigenvalue weighted by molar-refractivity contribution is 0.542. The van der Waals surface area contributed by atoms with Crippen molar-refractivity contribution in [2.45, 2.75) is 32.6 Å². The summed E-state index contributed by atoms with van der Waals surface area (Å²) in [6.45, 7) is 10.8. The van der Waals surface area contributed by atoms with Gasteiger partial charge in [0.1, 0.15) is 5.82 Å². The lowest BCUT2D eigenvalue weighted by atomic mass is 9.73. The van der Waals surface area contributed by atoms with E-state index in [-0.39, 0.29) is 5.82 Å². The van der Waals surface area contributed by atoms with Crippen LogP contribution in [0.2, 0.25) is 0 Å². The van der Waals surface area contributed by atoms with Crippen molar-refractivity contribution >= 4 is 22.6 Å². The summed E-state index contributed by atoms with van der Waals surface area (Å²) in [6, 6.07) is 5.58. The van der Waals surface area contributed by atoms with Crippen molar-refractivity contribution in [2.24, 2.45) is 4.99 Å². The Balaban J connectivity index is 2.22. The van der Waals surface area contributed by atoms with Gasteiger partial charge in [-0.05, 0) is 42.3 Å². The molecule has 0 N–H and O–H groups in total. The molecule has 1 aliphatic rings. The summed E-state index contributed by atoms with van der Waals surface area (Å²) in [5.74, 6) is -0.141. The van der Waals surface area contributed by atoms with Gasteiger partial charge in [-0.3, -0.25) is 4.99 Å². The molecule has 2 aromatic rings. The van der Waals surface area contributed by atoms with Gasteiger partial charge in [0.2, 0.25) is 0 Å². The van der Waals surface area contributed by atoms with Crippen LogP contribution >= 0.6 is 11.3 Å². The third-order valence-electron chi connectivity index (χ3n) is 4.67. The second kappa shape index (κ2) is 5.47. The summed E-state index contributed by atoms with van der Waals surface area (Å²) >= 11 is 1.66. The fraction of sp³-hybridized carbons (Fsp3) is 0.316. The molecule has 1 unspecified atom stereocenters. The molecule has 1 aliphatic heterocycles. The zero-order valence-corrected chi connectivity index (χ0v) is 14.1. The van der Waals surface area contributed by atoms with Crippen LogP contribution in [0.15, 0.2) is 40.5 Å². The minimum Gasteiger partial charge on any atom is -0.288 e. The van der Waals surface area contributed by atoms with Crippen molar-refractivity contribution < 1.29 is 4.39 Å². The maximum atomic E-state index is 14.7. The second-order valence-corrected chi connectivity index (χ2v) is 6.81. The SMILES string of the molecule is C=C1c2cscc2C(CC)=NCC1(C)c1cccc(C)c1F. The van der Waals surface area contributed by atoms with E-state index in [0.29, 0.717) is 17.7 Å². The van der Waals surface area contributed by atoms with Crippen LogP contribution < -0.4 is 0 Å². The van der Waals surface area contributed by atoms with Gasteiger partial charge in [0.25, 0.3) is 0 Å². The summed E-state index contributed by atoms with van der Waals surface area (Å²) in [7, 11) is 0. The van der Waals surface area contributed by atoms with Crippen LogP contribution in [0.5, 0.6) is 0 Å². The molecule has 3 heteroatoms. The van der Waals surface area contributed by atoms with Crippen molar-refractivity contribution in [3.8, 4) is 0 Å². The number of halogens is 1. The Bertz CT molecular complexity index is 771. The zero-order valence-electron chi connectivity index (χ0n) is 13.2. The van der Waals surface area contributed by atoms with E-state index in [1.807, 2.05) is 12.1 Å². The molecule has 0 saturated carbocycles. The molecule has 0 bridgehead atoms. The number of hydrogen-bond acceptors (Lipinski definition) is 2. The Labute approximate surface area is 135 Å². The maximum Gasteiger partial charge on any atom is 0.130 e. The Hall–Kier alpha value is -1.74. The molecular weight excluding hydrogens is 293 g/mol. The fourth-order valence-electron chi connectivity index (χ4n) is 3.11. The summed E-state index contributed by atoms with van der Waals surface area (Å²) in [5, 5.41) is 4.24. The molecule has 0 aliphatic carbocycles. The quantitative estimate of drug-likeness (QED) is 0.706. The molecule has 22 heavy (non-hydrogen) atoms. The van der Waals surface area contributed by atoms with E-state index < -0.39 is 5.41 Å². The third-order valence-corrected chi connectivity index (χ3v) is 5.41. The van der Waals surface area contributed by atoms with Gasteiger partial charge in [0.05, 0.1) is 6.54 Å². The lowest BCUT2D eigenvalue weighted by Gasteiger charge is -2.30. The highest BCUT2D eigenvalue weighted by molar-refractivity contribution is 7.08. The van der Waals surface area contributed by atoms with Gasteiger partial charge in [-0.15, -0.1) is 0 Å². The first kappa shape index (κ1) is 15.2. The summed E-state index contributed by atoms with van der Waals surface area (Å²) in [5.41, 5.74) is 5.18. The smallest absolute Gasteiger partial charge is 0.130 e. The lowest BCUT2D eigenvalue weighted by Crippen LogP contribution is -2.28. The Morgan fingerprint density at radius 1 is 1.32 bits per heavy atom. The largest absolute Gasteiger partial charge is 0.288 e. The highest BCUT2D eigenvalue weighted by atomic mass is 32.1. The minimum absolute atomic E-state index is 0.141. The third kappa shape index (κ3) is 2.15. The van der Waals surface area contributed by atoms with Gasteiger partial charge in [-0.2, -0.15) is 11.3 Å². The van der Waals surface area contributed by atoms with Crippen molar-refractivity contribution in [3.63, 3.8) is 0 Å². The summed E-state index contributed by atoms with van der Waals surface area (Å²) in [4.78, 5) is 4.80. The number of aryl methyl sites for hydroxylation is 1. The average Bonchev–Trinajstić information content (AvgIpc) is 2.95. The van der Waals surface area contributed by atoms with Gasteiger partial charge in [-0.1, -0.05) is 31.7 Å². The molecule has 3 rings (SSSR count). The normalized spacial score (nSPS) is 21.3. The summed E-state index contributed by atoms with van der Waals surface area (Å²) < 4.78 is 14.7. The monoisotopic (exact) mass is 313 g/mol. The molecule has 1 aromatic heterocycles. The van der Waals surface area contributed by atoms with Crippen molar-refractivity contribution in [1.82, 2.24) is 0 Å². The predicted molar refractivity (Wildman–Crippen MR) is 93.5 cm³/mol. The van der Waals surface area contributed by atoms with E-state index in [1.54, 1.807) is 24.3 Å². The van der Waals surface area contributed by atoms with E-state index in [9.17, 15) is 4.39 Å². The summed E-state index contributed by atoms with van der Waals surface area (Å²) in [6.07, 6.45) is 0.878. The van der Waals surface area contributed by atoms with Gasteiger partial charge in [0.15, 0.2) is 0 Å². The van der Waals surface area contributed by atoms with E-state index in [0.717, 1.165) is 28.8 Å². The molecular formula is C19H20FNS. The molecule has 2 heterocycles. The van der Waals surface area contributed by atoms with Crippen LogP contribution in [0, 0.1) is 12.7 Å². The molecule has 0 amide bonds. The van der Waals surface area contributed by atoms with E-state index in [2.05, 4.69) is 31.2 Å². The molecule has 1 nitrogen and oxygen atoms in total. The van der Waals surface area contributed by atoms with E-state index >= 15 is 0 Å². The maximum absolute atomic E-state index is 14.7. The number of rotatable bonds is 2. The molecule has 1 aromatic carbocycles. The van der Waals surface area contributed by atoms with E-state index in [4.69, 9.17) is 4.99 Å². The number of fused-ring (bicyclic) bond motifs is 1. The van der Waals surface area contributed by atoms with Gasteiger partial charge in [-0.25, -0.2) is 4.39 Å². The van der Waals surface area contributed by atoms with Crippen molar-refractivity contribution in [2.75, 3.05) is 6.54 Å². The van der Waals surface area contributed by atoms with Crippen LogP contribution in [0.25, 0.3) is 5.57 Å². The standard InChI is InChI=1S/C19H20FNS/c1-5-17-15-10-22-9-14(15)13(3)19(4,11-21-17)16-8-6-7-12(2)18(16)20/h6-10H,3,5,11H2,1-2,4H3. The minimum atomic E-state index is -0.511. The Morgan fingerprint density at radius 3 is 2.77 bits per heavy atom. The van der Waals surface area contributed by atoms with E-state index in [1.165, 1.54) is 0 Å². The second-order valence-electron chi connectivity index (χ2n) is 6.06. The highest BCUT2D eigenvalue weighted by Gasteiger charge is 2.36. The predicted octanol–water partition coefficient (Wildman–Crippen LogP) is 5.38.